The molecule has 1 aliphatic carbocycles. The molecule has 1 aromatic rings. The summed E-state index contributed by atoms with van der Waals surface area (Å²) >= 11 is 2.05. The molecule has 21 heavy (non-hydrogen) atoms. The van der Waals surface area contributed by atoms with Gasteiger partial charge in [0.1, 0.15) is 5.69 Å². The number of rotatable bonds is 4. The third-order valence-corrected chi connectivity index (χ3v) is 4.97. The van der Waals surface area contributed by atoms with E-state index < -0.39 is 10.5 Å². The maximum absolute atomic E-state index is 11.1. The summed E-state index contributed by atoms with van der Waals surface area (Å²) in [6.45, 7) is 4.78. The van der Waals surface area contributed by atoms with Crippen LogP contribution in [0.3, 0.4) is 0 Å². The SMILES string of the molecule is CC1(C)CCC(O)(CNc2ccc(I)cc2[N+](=O)[O-])CC1. The average molecular weight is 404 g/mol. The molecular weight excluding hydrogens is 383 g/mol. The molecule has 1 aliphatic rings. The predicted molar refractivity (Wildman–Crippen MR) is 91.5 cm³/mol. The fourth-order valence-corrected chi connectivity index (χ4v) is 3.11. The van der Waals surface area contributed by atoms with Gasteiger partial charge in [0.15, 0.2) is 0 Å². The molecular formula is C15H21IN2O3. The lowest BCUT2D eigenvalue weighted by molar-refractivity contribution is -0.384. The zero-order valence-electron chi connectivity index (χ0n) is 12.4. The highest BCUT2D eigenvalue weighted by Gasteiger charge is 2.36. The molecule has 6 heteroatoms. The standard InChI is InChI=1S/C15H21IN2O3/c1-14(2)5-7-15(19,8-6-14)10-17-12-4-3-11(16)9-13(12)18(20)21/h3-4,9,17,19H,5-8,10H2,1-2H3. The third-order valence-electron chi connectivity index (χ3n) is 4.30. The van der Waals surface area contributed by atoms with E-state index in [4.69, 9.17) is 0 Å². The van der Waals surface area contributed by atoms with Gasteiger partial charge >= 0.3 is 0 Å². The summed E-state index contributed by atoms with van der Waals surface area (Å²) in [7, 11) is 0. The second-order valence-electron chi connectivity index (χ2n) is 6.66. The van der Waals surface area contributed by atoms with Gasteiger partial charge in [-0.05, 0) is 65.8 Å². The van der Waals surface area contributed by atoms with Crippen molar-refractivity contribution in [3.63, 3.8) is 0 Å². The quantitative estimate of drug-likeness (QED) is 0.453. The molecule has 0 bridgehead atoms. The molecule has 0 spiro atoms. The second-order valence-corrected chi connectivity index (χ2v) is 7.91. The monoisotopic (exact) mass is 404 g/mol. The first-order chi connectivity index (χ1) is 9.71. The maximum Gasteiger partial charge on any atom is 0.293 e. The molecule has 0 amide bonds. The highest BCUT2D eigenvalue weighted by molar-refractivity contribution is 14.1. The van der Waals surface area contributed by atoms with E-state index >= 15 is 0 Å². The summed E-state index contributed by atoms with van der Waals surface area (Å²) in [5.41, 5.74) is 0.0355. The highest BCUT2D eigenvalue weighted by Crippen LogP contribution is 2.40. The van der Waals surface area contributed by atoms with Crippen molar-refractivity contribution in [1.29, 1.82) is 0 Å². The summed E-state index contributed by atoms with van der Waals surface area (Å²) in [6.07, 6.45) is 3.40. The van der Waals surface area contributed by atoms with Gasteiger partial charge in [-0.25, -0.2) is 0 Å². The number of halogens is 1. The fourth-order valence-electron chi connectivity index (χ4n) is 2.63. The molecule has 116 valence electrons. The third kappa shape index (κ3) is 4.29. The van der Waals surface area contributed by atoms with Gasteiger partial charge in [0, 0.05) is 16.2 Å². The maximum atomic E-state index is 11.1. The normalized spacial score (nSPS) is 20.0. The van der Waals surface area contributed by atoms with Gasteiger partial charge in [0.05, 0.1) is 10.5 Å². The number of hydrogen-bond acceptors (Lipinski definition) is 4. The second kappa shape index (κ2) is 6.08. The number of aliphatic hydroxyl groups is 1. The number of nitro groups is 1. The van der Waals surface area contributed by atoms with Crippen molar-refractivity contribution >= 4 is 34.0 Å². The number of nitrogens with one attached hydrogen (secondary N) is 1. The van der Waals surface area contributed by atoms with E-state index in [1.807, 2.05) is 6.07 Å². The fraction of sp³-hybridized carbons (Fsp3) is 0.600. The number of anilines is 1. The molecule has 0 heterocycles. The van der Waals surface area contributed by atoms with Crippen molar-refractivity contribution in [3.8, 4) is 0 Å². The van der Waals surface area contributed by atoms with Crippen LogP contribution in [0.4, 0.5) is 11.4 Å². The van der Waals surface area contributed by atoms with Crippen LogP contribution in [0.15, 0.2) is 18.2 Å². The Morgan fingerprint density at radius 1 is 1.33 bits per heavy atom. The van der Waals surface area contributed by atoms with Crippen LogP contribution in [-0.4, -0.2) is 22.2 Å². The molecule has 0 aromatic heterocycles. The largest absolute Gasteiger partial charge is 0.388 e. The molecule has 1 aromatic carbocycles. The number of nitrogens with zero attached hydrogens (tertiary/aromatic N) is 1. The molecule has 0 unspecified atom stereocenters. The zero-order chi connectivity index (χ0) is 15.7. The topological polar surface area (TPSA) is 75.4 Å². The van der Waals surface area contributed by atoms with Crippen molar-refractivity contribution in [2.45, 2.75) is 45.1 Å². The molecule has 1 saturated carbocycles. The van der Waals surface area contributed by atoms with Crippen LogP contribution in [0.25, 0.3) is 0 Å². The van der Waals surface area contributed by atoms with Gasteiger partial charge in [0.25, 0.3) is 5.69 Å². The zero-order valence-corrected chi connectivity index (χ0v) is 14.5. The Kier molecular flexibility index (Phi) is 4.77. The van der Waals surface area contributed by atoms with Crippen LogP contribution in [0.2, 0.25) is 0 Å². The first kappa shape index (κ1) is 16.5. The Morgan fingerprint density at radius 2 is 1.95 bits per heavy atom. The smallest absolute Gasteiger partial charge is 0.293 e. The molecule has 0 aliphatic heterocycles. The van der Waals surface area contributed by atoms with Crippen LogP contribution in [0, 0.1) is 19.1 Å². The average Bonchev–Trinajstić information content (AvgIpc) is 2.41. The lowest BCUT2D eigenvalue weighted by Gasteiger charge is -2.40. The molecule has 0 radical (unpaired) electrons. The van der Waals surface area contributed by atoms with E-state index in [1.54, 1.807) is 6.07 Å². The summed E-state index contributed by atoms with van der Waals surface area (Å²) in [5.74, 6) is 0. The minimum absolute atomic E-state index is 0.0571. The van der Waals surface area contributed by atoms with Gasteiger partial charge in [-0.15, -0.1) is 0 Å². The van der Waals surface area contributed by atoms with Crippen molar-refractivity contribution in [2.75, 3.05) is 11.9 Å². The summed E-state index contributed by atoms with van der Waals surface area (Å²) < 4.78 is 0.822. The Balaban J connectivity index is 2.05. The number of nitro benzene ring substituents is 1. The van der Waals surface area contributed by atoms with Crippen molar-refractivity contribution in [3.05, 3.63) is 31.9 Å². The first-order valence-electron chi connectivity index (χ1n) is 7.11. The lowest BCUT2D eigenvalue weighted by atomic mass is 9.71. The summed E-state index contributed by atoms with van der Waals surface area (Å²) in [4.78, 5) is 10.7. The van der Waals surface area contributed by atoms with E-state index in [2.05, 4.69) is 41.8 Å². The van der Waals surface area contributed by atoms with Gasteiger partial charge in [-0.2, -0.15) is 0 Å². The minimum atomic E-state index is -0.771. The Labute approximate surface area is 138 Å². The predicted octanol–water partition coefficient (Wildman–Crippen LogP) is 3.94. The van der Waals surface area contributed by atoms with Crippen LogP contribution in [0.1, 0.15) is 39.5 Å². The minimum Gasteiger partial charge on any atom is -0.388 e. The number of hydrogen-bond donors (Lipinski definition) is 2. The van der Waals surface area contributed by atoms with Gasteiger partial charge < -0.3 is 10.4 Å². The van der Waals surface area contributed by atoms with Crippen molar-refractivity contribution < 1.29 is 10.0 Å². The van der Waals surface area contributed by atoms with Gasteiger partial charge in [-0.3, -0.25) is 10.1 Å². The van der Waals surface area contributed by atoms with Crippen LogP contribution < -0.4 is 5.32 Å². The van der Waals surface area contributed by atoms with Gasteiger partial charge in [-0.1, -0.05) is 13.8 Å². The van der Waals surface area contributed by atoms with Crippen LogP contribution >= 0.6 is 22.6 Å². The molecule has 5 nitrogen and oxygen atoms in total. The van der Waals surface area contributed by atoms with Crippen LogP contribution in [0.5, 0.6) is 0 Å². The molecule has 0 saturated heterocycles. The molecule has 0 atom stereocenters. The first-order valence-corrected chi connectivity index (χ1v) is 8.19. The Bertz CT molecular complexity index is 536. The Hall–Kier alpha value is -0.890. The molecule has 1 fully saturated rings. The van der Waals surface area contributed by atoms with E-state index in [-0.39, 0.29) is 11.1 Å². The van der Waals surface area contributed by atoms with Gasteiger partial charge in [0.2, 0.25) is 0 Å². The van der Waals surface area contributed by atoms with E-state index in [0.29, 0.717) is 12.2 Å². The van der Waals surface area contributed by atoms with Crippen LogP contribution in [-0.2, 0) is 0 Å². The summed E-state index contributed by atoms with van der Waals surface area (Å²) in [6, 6.07) is 5.07. The summed E-state index contributed by atoms with van der Waals surface area (Å²) in [5, 5.41) is 24.8. The lowest BCUT2D eigenvalue weighted by Crippen LogP contribution is -2.42. The van der Waals surface area contributed by atoms with E-state index in [9.17, 15) is 15.2 Å². The van der Waals surface area contributed by atoms with E-state index in [1.165, 1.54) is 6.07 Å². The number of benzene rings is 1. The Morgan fingerprint density at radius 3 is 2.52 bits per heavy atom. The highest BCUT2D eigenvalue weighted by atomic mass is 127. The molecule has 2 rings (SSSR count). The molecule has 2 N–H and O–H groups in total. The van der Waals surface area contributed by atoms with Crippen molar-refractivity contribution in [1.82, 2.24) is 0 Å². The van der Waals surface area contributed by atoms with Crippen molar-refractivity contribution in [2.24, 2.45) is 5.41 Å². The van der Waals surface area contributed by atoms with E-state index in [0.717, 1.165) is 29.3 Å².